The maximum Gasteiger partial charge on any atom is 0.228 e. The number of furan rings is 1. The van der Waals surface area contributed by atoms with Crippen LogP contribution in [0.25, 0.3) is 17.0 Å². The van der Waals surface area contributed by atoms with Crippen LogP contribution in [0.3, 0.4) is 0 Å². The van der Waals surface area contributed by atoms with Gasteiger partial charge >= 0.3 is 0 Å². The van der Waals surface area contributed by atoms with Crippen molar-refractivity contribution in [3.05, 3.63) is 70.5 Å². The van der Waals surface area contributed by atoms with Crippen LogP contribution in [0, 0.1) is 0 Å². The highest BCUT2D eigenvalue weighted by atomic mass is 35.5. The molecule has 1 aromatic heterocycles. The molecule has 2 heterocycles. The van der Waals surface area contributed by atoms with Gasteiger partial charge < -0.3 is 9.15 Å². The molecule has 0 N–H and O–H groups in total. The van der Waals surface area contributed by atoms with Crippen LogP contribution in [0.1, 0.15) is 35.5 Å². The van der Waals surface area contributed by atoms with E-state index in [1.807, 2.05) is 38.1 Å². The van der Waals surface area contributed by atoms with Crippen molar-refractivity contribution < 1.29 is 13.9 Å². The summed E-state index contributed by atoms with van der Waals surface area (Å²) in [6, 6.07) is 12.4. The van der Waals surface area contributed by atoms with Crippen LogP contribution < -0.4 is 4.74 Å². The summed E-state index contributed by atoms with van der Waals surface area (Å²) in [6.45, 7) is 3.99. The maximum atomic E-state index is 12.6. The lowest BCUT2D eigenvalue weighted by Gasteiger charge is -2.27. The number of fused-ring (bicyclic) bond motifs is 3. The molecule has 0 atom stereocenters. The van der Waals surface area contributed by atoms with E-state index in [-0.39, 0.29) is 11.4 Å². The number of carbonyl (C=O) groups excluding carboxylic acids is 1. The molecule has 4 heteroatoms. The minimum atomic E-state index is -0.352. The highest BCUT2D eigenvalue weighted by Crippen LogP contribution is 2.37. The van der Waals surface area contributed by atoms with Gasteiger partial charge in [0.25, 0.3) is 0 Å². The van der Waals surface area contributed by atoms with Crippen LogP contribution in [-0.2, 0) is 0 Å². The SMILES string of the molecule is CC1(C)C=Cc2c(ccc3cc(C(=O)c4ccc(Cl)cc4)oc23)O1. The Morgan fingerprint density at radius 3 is 2.58 bits per heavy atom. The van der Waals surface area contributed by atoms with Gasteiger partial charge in [-0.15, -0.1) is 0 Å². The standard InChI is InChI=1S/C20H15ClO3/c1-20(2)10-9-15-16(24-20)8-5-13-11-17(23-19(13)15)18(22)12-3-6-14(21)7-4-12/h3-11H,1-2H3. The first kappa shape index (κ1) is 15.0. The van der Waals surface area contributed by atoms with E-state index >= 15 is 0 Å². The van der Waals surface area contributed by atoms with Crippen molar-refractivity contribution in [2.75, 3.05) is 0 Å². The molecular formula is C20H15ClO3. The summed E-state index contributed by atoms with van der Waals surface area (Å²) in [5.41, 5.74) is 1.72. The quantitative estimate of drug-likeness (QED) is 0.579. The molecule has 0 unspecified atom stereocenters. The molecule has 0 fully saturated rings. The van der Waals surface area contributed by atoms with Crippen LogP contribution in [0.2, 0.25) is 5.02 Å². The summed E-state index contributed by atoms with van der Waals surface area (Å²) in [6.07, 6.45) is 3.97. The summed E-state index contributed by atoms with van der Waals surface area (Å²) in [7, 11) is 0. The van der Waals surface area contributed by atoms with Gasteiger partial charge in [0, 0.05) is 16.0 Å². The number of ketones is 1. The van der Waals surface area contributed by atoms with Gasteiger partial charge in [0.05, 0.1) is 5.56 Å². The Hall–Kier alpha value is -2.52. The molecule has 0 saturated heterocycles. The third-order valence-corrected chi connectivity index (χ3v) is 4.29. The highest BCUT2D eigenvalue weighted by Gasteiger charge is 2.25. The molecule has 0 spiro atoms. The van der Waals surface area contributed by atoms with Crippen LogP contribution in [-0.4, -0.2) is 11.4 Å². The van der Waals surface area contributed by atoms with Crippen molar-refractivity contribution in [3.8, 4) is 5.75 Å². The molecule has 0 aliphatic carbocycles. The van der Waals surface area contributed by atoms with E-state index < -0.39 is 0 Å². The normalized spacial score (nSPS) is 15.1. The highest BCUT2D eigenvalue weighted by molar-refractivity contribution is 6.30. The number of carbonyl (C=O) groups is 1. The second-order valence-corrected chi connectivity index (χ2v) is 6.82. The van der Waals surface area contributed by atoms with Crippen molar-refractivity contribution in [2.24, 2.45) is 0 Å². The van der Waals surface area contributed by atoms with Gasteiger partial charge in [-0.05, 0) is 68.5 Å². The third kappa shape index (κ3) is 2.51. The van der Waals surface area contributed by atoms with Gasteiger partial charge in [0.2, 0.25) is 5.78 Å². The fourth-order valence-corrected chi connectivity index (χ4v) is 2.94. The van der Waals surface area contributed by atoms with Crippen LogP contribution >= 0.6 is 11.6 Å². The van der Waals surface area contributed by atoms with Crippen molar-refractivity contribution in [1.82, 2.24) is 0 Å². The number of halogens is 1. The summed E-state index contributed by atoms with van der Waals surface area (Å²) >= 11 is 5.87. The lowest BCUT2D eigenvalue weighted by atomic mass is 10.0. The number of hydrogen-bond donors (Lipinski definition) is 0. The average molecular weight is 339 g/mol. The molecule has 1 aliphatic heterocycles. The first-order chi connectivity index (χ1) is 11.4. The Morgan fingerprint density at radius 2 is 1.83 bits per heavy atom. The predicted molar refractivity (Wildman–Crippen MR) is 94.8 cm³/mol. The number of ether oxygens (including phenoxy) is 1. The summed E-state index contributed by atoms with van der Waals surface area (Å²) < 4.78 is 11.8. The molecule has 3 aromatic rings. The van der Waals surface area contributed by atoms with Gasteiger partial charge in [-0.2, -0.15) is 0 Å². The van der Waals surface area contributed by atoms with E-state index in [0.717, 1.165) is 16.7 Å². The first-order valence-electron chi connectivity index (χ1n) is 7.68. The van der Waals surface area contributed by atoms with Crippen molar-refractivity contribution >= 4 is 34.4 Å². The zero-order valence-corrected chi connectivity index (χ0v) is 14.1. The molecule has 2 aromatic carbocycles. The molecule has 120 valence electrons. The number of hydrogen-bond acceptors (Lipinski definition) is 3. The third-order valence-electron chi connectivity index (χ3n) is 4.04. The number of rotatable bonds is 2. The maximum absolute atomic E-state index is 12.6. The Labute approximate surface area is 144 Å². The second kappa shape index (κ2) is 5.25. The van der Waals surface area contributed by atoms with Gasteiger partial charge in [-0.3, -0.25) is 4.79 Å². The molecular weight excluding hydrogens is 324 g/mol. The van der Waals surface area contributed by atoms with Crippen LogP contribution in [0.15, 0.2) is 53.0 Å². The monoisotopic (exact) mass is 338 g/mol. The Kier molecular flexibility index (Phi) is 3.29. The van der Waals surface area contributed by atoms with Crippen molar-refractivity contribution in [1.29, 1.82) is 0 Å². The van der Waals surface area contributed by atoms with E-state index in [1.165, 1.54) is 0 Å². The minimum absolute atomic E-state index is 0.169. The topological polar surface area (TPSA) is 39.4 Å². The molecule has 0 radical (unpaired) electrons. The minimum Gasteiger partial charge on any atom is -0.483 e. The molecule has 3 nitrogen and oxygen atoms in total. The summed E-state index contributed by atoms with van der Waals surface area (Å²) in [5.74, 6) is 0.895. The summed E-state index contributed by atoms with van der Waals surface area (Å²) in [4.78, 5) is 12.6. The zero-order chi connectivity index (χ0) is 16.9. The second-order valence-electron chi connectivity index (χ2n) is 6.38. The van der Waals surface area contributed by atoms with Gasteiger partial charge in [0.1, 0.15) is 16.9 Å². The molecule has 0 saturated carbocycles. The Bertz CT molecular complexity index is 978. The van der Waals surface area contributed by atoms with Crippen molar-refractivity contribution in [2.45, 2.75) is 19.4 Å². The molecule has 0 amide bonds. The Morgan fingerprint density at radius 1 is 1.08 bits per heavy atom. The van der Waals surface area contributed by atoms with E-state index in [2.05, 4.69) is 0 Å². The first-order valence-corrected chi connectivity index (χ1v) is 8.06. The molecule has 1 aliphatic rings. The van der Waals surface area contributed by atoms with Crippen LogP contribution in [0.5, 0.6) is 5.75 Å². The number of benzene rings is 2. The lowest BCUT2D eigenvalue weighted by molar-refractivity contribution is 0.101. The van der Waals surface area contributed by atoms with E-state index in [9.17, 15) is 4.79 Å². The van der Waals surface area contributed by atoms with Gasteiger partial charge in [0.15, 0.2) is 5.76 Å². The molecule has 0 bridgehead atoms. The Balaban J connectivity index is 1.79. The fourth-order valence-electron chi connectivity index (χ4n) is 2.81. The van der Waals surface area contributed by atoms with Gasteiger partial charge in [-0.25, -0.2) is 0 Å². The van der Waals surface area contributed by atoms with Gasteiger partial charge in [-0.1, -0.05) is 11.6 Å². The molecule has 4 rings (SSSR count). The van der Waals surface area contributed by atoms with Crippen LogP contribution in [0.4, 0.5) is 0 Å². The lowest BCUT2D eigenvalue weighted by Crippen LogP contribution is -2.27. The summed E-state index contributed by atoms with van der Waals surface area (Å²) in [5, 5.41) is 1.47. The smallest absolute Gasteiger partial charge is 0.228 e. The predicted octanol–water partition coefficient (Wildman–Crippen LogP) is 5.50. The van der Waals surface area contributed by atoms with Crippen molar-refractivity contribution in [3.63, 3.8) is 0 Å². The van der Waals surface area contributed by atoms with E-state index in [4.69, 9.17) is 20.8 Å². The largest absolute Gasteiger partial charge is 0.483 e. The molecule has 24 heavy (non-hydrogen) atoms. The fraction of sp³-hybridized carbons (Fsp3) is 0.150. The average Bonchev–Trinajstić information content (AvgIpc) is 2.98. The zero-order valence-electron chi connectivity index (χ0n) is 13.3. The van der Waals surface area contributed by atoms with E-state index in [0.29, 0.717) is 21.9 Å². The van der Waals surface area contributed by atoms with E-state index in [1.54, 1.807) is 30.3 Å².